The molecular formula is H7Li2O8PS. The third kappa shape index (κ3) is 838. The van der Waals surface area contributed by atoms with Crippen molar-refractivity contribution in [3.8, 4) is 0 Å². The molecule has 8 nitrogen and oxygen atoms in total. The van der Waals surface area contributed by atoms with E-state index >= 15 is 0 Å². The second kappa shape index (κ2) is 8.76. The van der Waals surface area contributed by atoms with Crippen molar-refractivity contribution in [1.82, 2.24) is 0 Å². The summed E-state index contributed by atoms with van der Waals surface area (Å²) in [6, 6.07) is 0. The van der Waals surface area contributed by atoms with Gasteiger partial charge in [-0.05, 0) is 0 Å². The molecule has 0 aromatic heterocycles. The first-order valence-electron chi connectivity index (χ1n) is 1.48. The number of hydrogen-bond acceptors (Lipinski definition) is 3. The SMILES string of the molecule is O=P(O)(O)O.O=S(=O)(O)O.[LiH].[LiH]. The maximum absolute atomic E-state index is 8.88. The Morgan fingerprint density at radius 3 is 0.917 bits per heavy atom. The van der Waals surface area contributed by atoms with E-state index in [1.807, 2.05) is 0 Å². The third-order valence-corrected chi connectivity index (χ3v) is 0. The van der Waals surface area contributed by atoms with Crippen LogP contribution in [0, 0.1) is 0 Å². The topological polar surface area (TPSA) is 152 Å². The van der Waals surface area contributed by atoms with Crippen LogP contribution >= 0.6 is 7.82 Å². The van der Waals surface area contributed by atoms with Gasteiger partial charge in [-0.2, -0.15) is 8.42 Å². The summed E-state index contributed by atoms with van der Waals surface area (Å²) in [7, 11) is -9.31. The molecule has 12 heteroatoms. The van der Waals surface area contributed by atoms with Gasteiger partial charge in [-0.15, -0.1) is 0 Å². The Hall–Kier alpha value is 1.17. The van der Waals surface area contributed by atoms with Crippen LogP contribution < -0.4 is 0 Å². The Kier molecular flexibility index (Phi) is 16.9. The molecule has 0 rings (SSSR count). The van der Waals surface area contributed by atoms with E-state index in [1.165, 1.54) is 0 Å². The Morgan fingerprint density at radius 2 is 0.917 bits per heavy atom. The van der Waals surface area contributed by atoms with E-state index < -0.39 is 18.2 Å². The van der Waals surface area contributed by atoms with Crippen molar-refractivity contribution in [1.29, 1.82) is 0 Å². The van der Waals surface area contributed by atoms with E-state index in [2.05, 4.69) is 0 Å². The van der Waals surface area contributed by atoms with Crippen molar-refractivity contribution in [3.05, 3.63) is 0 Å². The zero-order valence-corrected chi connectivity index (χ0v) is 6.03. The molecule has 0 heterocycles. The van der Waals surface area contributed by atoms with Gasteiger partial charge in [0.25, 0.3) is 0 Å². The summed E-state index contributed by atoms with van der Waals surface area (Å²) < 4.78 is 40.5. The van der Waals surface area contributed by atoms with E-state index in [9.17, 15) is 0 Å². The summed E-state index contributed by atoms with van der Waals surface area (Å²) in [6.45, 7) is 0. The van der Waals surface area contributed by atoms with Crippen LogP contribution in [-0.2, 0) is 15.0 Å². The van der Waals surface area contributed by atoms with Gasteiger partial charge in [0.15, 0.2) is 0 Å². The predicted octanol–water partition coefficient (Wildman–Crippen LogP) is -2.88. The molecule has 0 radical (unpaired) electrons. The summed E-state index contributed by atoms with van der Waals surface area (Å²) in [6.07, 6.45) is 0. The van der Waals surface area contributed by atoms with Crippen molar-refractivity contribution in [3.63, 3.8) is 0 Å². The van der Waals surface area contributed by atoms with E-state index in [4.69, 9.17) is 36.8 Å². The van der Waals surface area contributed by atoms with Gasteiger partial charge in [0, 0.05) is 0 Å². The number of rotatable bonds is 0. The summed E-state index contributed by atoms with van der Waals surface area (Å²) in [5.74, 6) is 0. The molecule has 0 aromatic carbocycles. The molecule has 0 aliphatic carbocycles. The number of hydrogen-bond donors (Lipinski definition) is 5. The fraction of sp³-hybridized carbons (Fsp3) is 0. The van der Waals surface area contributed by atoms with Crippen LogP contribution in [0.25, 0.3) is 0 Å². The first-order chi connectivity index (χ1) is 4.00. The van der Waals surface area contributed by atoms with E-state index in [1.54, 1.807) is 0 Å². The van der Waals surface area contributed by atoms with Gasteiger partial charge in [0.1, 0.15) is 0 Å². The molecule has 5 N–H and O–H groups in total. The molecule has 68 valence electrons. The average molecular weight is 212 g/mol. The normalized spacial score (nSPS) is 9.75. The zero-order valence-electron chi connectivity index (χ0n) is 4.32. The van der Waals surface area contributed by atoms with Gasteiger partial charge in [-0.25, -0.2) is 4.57 Å². The summed E-state index contributed by atoms with van der Waals surface area (Å²) >= 11 is 0. The second-order valence-corrected chi connectivity index (χ2v) is 2.88. The van der Waals surface area contributed by atoms with Crippen molar-refractivity contribution >= 4 is 55.9 Å². The van der Waals surface area contributed by atoms with Crippen LogP contribution in [0.3, 0.4) is 0 Å². The van der Waals surface area contributed by atoms with Crippen LogP contribution in [0.2, 0.25) is 0 Å². The average Bonchev–Trinajstić information content (AvgIpc) is 1.12. The standard InChI is InChI=1S/2Li.H3O4P.H2O4S.2H/c;;2*1-5(2,3)4;;/h;;(H3,1,2,3,4);(H2,1,2,3,4);;. The quantitative estimate of drug-likeness (QED) is 0.163. The maximum atomic E-state index is 8.88. The van der Waals surface area contributed by atoms with E-state index in [-0.39, 0.29) is 37.7 Å². The van der Waals surface area contributed by atoms with E-state index in [0.29, 0.717) is 0 Å². The van der Waals surface area contributed by atoms with E-state index in [0.717, 1.165) is 0 Å². The molecule has 0 fully saturated rings. The summed E-state index contributed by atoms with van der Waals surface area (Å²) in [5.41, 5.74) is 0. The third-order valence-electron chi connectivity index (χ3n) is 0. The molecule has 0 amide bonds. The molecule has 0 aromatic rings. The van der Waals surface area contributed by atoms with Crippen LogP contribution in [0.1, 0.15) is 0 Å². The molecule has 0 saturated carbocycles. The second-order valence-electron chi connectivity index (χ2n) is 0.961. The molecule has 0 bridgehead atoms. The molecule has 0 saturated heterocycles. The molecule has 0 atom stereocenters. The summed E-state index contributed by atoms with van der Waals surface area (Å²) in [4.78, 5) is 21.6. The van der Waals surface area contributed by atoms with Crippen molar-refractivity contribution < 1.29 is 36.8 Å². The molecule has 0 aliphatic rings. The van der Waals surface area contributed by atoms with Gasteiger partial charge < -0.3 is 14.7 Å². The molecular weight excluding hydrogens is 205 g/mol. The fourth-order valence-electron chi connectivity index (χ4n) is 0. The van der Waals surface area contributed by atoms with Gasteiger partial charge >= 0.3 is 55.9 Å². The van der Waals surface area contributed by atoms with Crippen LogP contribution in [0.15, 0.2) is 0 Å². The molecule has 0 aliphatic heterocycles. The fourth-order valence-corrected chi connectivity index (χ4v) is 0. The molecule has 0 unspecified atom stereocenters. The van der Waals surface area contributed by atoms with Gasteiger partial charge in [-0.3, -0.25) is 9.11 Å². The Labute approximate surface area is 92.5 Å². The molecule has 12 heavy (non-hydrogen) atoms. The predicted molar refractivity (Wildman–Crippen MR) is 42.7 cm³/mol. The minimum atomic E-state index is -4.67. The van der Waals surface area contributed by atoms with Crippen LogP contribution in [0.5, 0.6) is 0 Å². The van der Waals surface area contributed by atoms with Crippen molar-refractivity contribution in [2.75, 3.05) is 0 Å². The van der Waals surface area contributed by atoms with Gasteiger partial charge in [0.05, 0.1) is 0 Å². The first kappa shape index (κ1) is 23.2. The number of phosphoric acid groups is 1. The zero-order chi connectivity index (χ0) is 9.00. The minimum absolute atomic E-state index is 0. The van der Waals surface area contributed by atoms with Gasteiger partial charge in [0.2, 0.25) is 0 Å². The first-order valence-corrected chi connectivity index (χ1v) is 4.44. The Balaban J connectivity index is -0.0000000457. The Morgan fingerprint density at radius 1 is 0.917 bits per heavy atom. The van der Waals surface area contributed by atoms with Crippen LogP contribution in [-0.4, -0.2) is 69.9 Å². The van der Waals surface area contributed by atoms with Gasteiger partial charge in [-0.1, -0.05) is 0 Å². The van der Waals surface area contributed by atoms with Crippen molar-refractivity contribution in [2.45, 2.75) is 0 Å². The van der Waals surface area contributed by atoms with Crippen molar-refractivity contribution in [2.24, 2.45) is 0 Å². The Bertz CT molecular complexity index is 195. The summed E-state index contributed by atoms with van der Waals surface area (Å²) in [5, 5.41) is 0. The van der Waals surface area contributed by atoms with Crippen LogP contribution in [0.4, 0.5) is 0 Å². The molecule has 0 spiro atoms. The monoisotopic (exact) mass is 212 g/mol.